The van der Waals surface area contributed by atoms with Gasteiger partial charge in [-0.2, -0.15) is 0 Å². The van der Waals surface area contributed by atoms with E-state index in [-0.39, 0.29) is 0 Å². The number of benzene rings is 10. The zero-order valence-corrected chi connectivity index (χ0v) is 32.7. The molecule has 2 nitrogen and oxygen atoms in total. The van der Waals surface area contributed by atoms with E-state index in [2.05, 4.69) is 204 Å². The minimum atomic E-state index is 1.15. The molecule has 0 bridgehead atoms. The van der Waals surface area contributed by atoms with Crippen molar-refractivity contribution in [3.05, 3.63) is 219 Å². The van der Waals surface area contributed by atoms with Gasteiger partial charge in [0, 0.05) is 35.6 Å². The van der Waals surface area contributed by atoms with Crippen LogP contribution in [-0.2, 0) is 0 Å². The molecule has 0 saturated heterocycles. The zero-order chi connectivity index (χ0) is 39.6. The second-order valence-corrected chi connectivity index (χ2v) is 15.7. The minimum absolute atomic E-state index is 1.15. The molecule has 0 amide bonds. The van der Waals surface area contributed by atoms with Crippen LogP contribution in [0.5, 0.6) is 0 Å². The minimum Gasteiger partial charge on any atom is -0.264 e. The van der Waals surface area contributed by atoms with Crippen molar-refractivity contribution in [3.63, 3.8) is 0 Å². The van der Waals surface area contributed by atoms with E-state index < -0.39 is 0 Å². The first-order valence-corrected chi connectivity index (χ1v) is 20.5. The molecule has 2 heterocycles. The van der Waals surface area contributed by atoms with Gasteiger partial charge in [-0.1, -0.05) is 170 Å². The van der Waals surface area contributed by atoms with Crippen LogP contribution in [0.1, 0.15) is 0 Å². The number of nitrogens with zero attached hydrogens (tertiary/aromatic N) is 2. The molecule has 0 aliphatic carbocycles. The van der Waals surface area contributed by atoms with Crippen molar-refractivity contribution in [2.24, 2.45) is 0 Å². The Bertz CT molecular complexity index is 3280. The highest BCUT2D eigenvalue weighted by atomic mass is 14.6. The third kappa shape index (κ3) is 5.50. The predicted molar refractivity (Wildman–Crippen MR) is 254 cm³/mol. The molecule has 0 fully saturated rings. The number of pyridine rings is 2. The fourth-order valence-electron chi connectivity index (χ4n) is 9.63. The molecule has 0 atom stereocenters. The highest BCUT2D eigenvalue weighted by molar-refractivity contribution is 6.23. The Morgan fingerprint density at radius 2 is 0.517 bits per heavy atom. The molecule has 0 radical (unpaired) electrons. The summed E-state index contributed by atoms with van der Waals surface area (Å²) in [6, 6.07) is 70.8. The summed E-state index contributed by atoms with van der Waals surface area (Å²) < 4.78 is 0. The molecule has 0 unspecified atom stereocenters. The van der Waals surface area contributed by atoms with E-state index in [1.165, 1.54) is 109 Å². The van der Waals surface area contributed by atoms with Crippen LogP contribution in [0.3, 0.4) is 0 Å². The van der Waals surface area contributed by atoms with Crippen LogP contribution in [0.4, 0.5) is 0 Å². The molecular weight excluding hydrogens is 725 g/mol. The van der Waals surface area contributed by atoms with Gasteiger partial charge in [-0.3, -0.25) is 9.97 Å². The molecule has 60 heavy (non-hydrogen) atoms. The van der Waals surface area contributed by atoms with Crippen LogP contribution in [0.15, 0.2) is 219 Å². The van der Waals surface area contributed by atoms with Gasteiger partial charge in [0.15, 0.2) is 0 Å². The third-order valence-electron chi connectivity index (χ3n) is 12.4. The first-order valence-electron chi connectivity index (χ1n) is 20.5. The summed E-state index contributed by atoms with van der Waals surface area (Å²) in [7, 11) is 0. The van der Waals surface area contributed by atoms with Gasteiger partial charge in [-0.15, -0.1) is 0 Å². The molecule has 12 rings (SSSR count). The molecule has 0 aliphatic rings. The standard InChI is InChI=1S/C58H36N2/c1-3-11-43-33-45(27-21-37(43)9-1)57-49-15-7-5-13-47(49)55(53-35-59-31-29-51(53)57)41-23-17-39(18-24-41)40-19-25-42(26-20-40)56-48-14-6-8-16-50(48)58(52-30-32-60-36-54(52)56)46-28-22-38-10-2-4-12-44(38)34-46/h1-36H. The van der Waals surface area contributed by atoms with Crippen molar-refractivity contribution in [1.82, 2.24) is 9.97 Å². The second kappa shape index (κ2) is 13.9. The Labute approximate surface area is 347 Å². The van der Waals surface area contributed by atoms with Gasteiger partial charge in [0.2, 0.25) is 0 Å². The molecular formula is C58H36N2. The first kappa shape index (κ1) is 34.1. The third-order valence-corrected chi connectivity index (χ3v) is 12.4. The molecule has 278 valence electrons. The predicted octanol–water partition coefficient (Wildman–Crippen LogP) is 15.7. The number of hydrogen-bond acceptors (Lipinski definition) is 2. The molecule has 0 aliphatic heterocycles. The van der Waals surface area contributed by atoms with Crippen molar-refractivity contribution in [3.8, 4) is 55.6 Å². The first-order chi connectivity index (χ1) is 29.8. The van der Waals surface area contributed by atoms with Crippen LogP contribution in [0, 0.1) is 0 Å². The molecule has 0 saturated carbocycles. The average molecular weight is 761 g/mol. The van der Waals surface area contributed by atoms with Crippen molar-refractivity contribution >= 4 is 64.6 Å². The van der Waals surface area contributed by atoms with Crippen molar-refractivity contribution in [2.45, 2.75) is 0 Å². The fraction of sp³-hybridized carbons (Fsp3) is 0. The van der Waals surface area contributed by atoms with Crippen molar-refractivity contribution in [1.29, 1.82) is 0 Å². The number of fused-ring (bicyclic) bond motifs is 6. The molecule has 0 N–H and O–H groups in total. The maximum Gasteiger partial charge on any atom is 0.0353 e. The summed E-state index contributed by atoms with van der Waals surface area (Å²) in [5.74, 6) is 0. The molecule has 2 aromatic heterocycles. The molecule has 0 spiro atoms. The van der Waals surface area contributed by atoms with E-state index in [9.17, 15) is 0 Å². The van der Waals surface area contributed by atoms with Gasteiger partial charge in [0.25, 0.3) is 0 Å². The monoisotopic (exact) mass is 760 g/mol. The Balaban J connectivity index is 0.946. The summed E-state index contributed by atoms with van der Waals surface area (Å²) in [4.78, 5) is 9.31. The van der Waals surface area contributed by atoms with Crippen LogP contribution in [-0.4, -0.2) is 9.97 Å². The number of hydrogen-bond donors (Lipinski definition) is 0. The van der Waals surface area contributed by atoms with Gasteiger partial charge < -0.3 is 0 Å². The summed E-state index contributed by atoms with van der Waals surface area (Å²) in [6.45, 7) is 0. The van der Waals surface area contributed by atoms with Gasteiger partial charge in [0.1, 0.15) is 0 Å². The van der Waals surface area contributed by atoms with Gasteiger partial charge in [0.05, 0.1) is 0 Å². The quantitative estimate of drug-likeness (QED) is 0.163. The lowest BCUT2D eigenvalue weighted by Crippen LogP contribution is -1.92. The molecule has 10 aromatic carbocycles. The van der Waals surface area contributed by atoms with E-state index in [0.29, 0.717) is 0 Å². The van der Waals surface area contributed by atoms with E-state index in [0.717, 1.165) is 10.8 Å². The van der Waals surface area contributed by atoms with Crippen LogP contribution < -0.4 is 0 Å². The van der Waals surface area contributed by atoms with Crippen LogP contribution in [0.2, 0.25) is 0 Å². The SMILES string of the molecule is c1ccc2cc(-c3c4ccccc4c(-c4ccc(-c5ccc(-c6c7ccccc7c(-c7ccc8ccccc8c7)c7ccncc67)cc5)cc4)c4cnccc34)ccc2c1. The molecule has 2 heteroatoms. The average Bonchev–Trinajstić information content (AvgIpc) is 3.32. The lowest BCUT2D eigenvalue weighted by atomic mass is 9.85. The smallest absolute Gasteiger partial charge is 0.0353 e. The fourth-order valence-corrected chi connectivity index (χ4v) is 9.63. The summed E-state index contributed by atoms with van der Waals surface area (Å²) in [6.07, 6.45) is 7.90. The van der Waals surface area contributed by atoms with E-state index in [1.807, 2.05) is 24.8 Å². The van der Waals surface area contributed by atoms with Gasteiger partial charge >= 0.3 is 0 Å². The lowest BCUT2D eigenvalue weighted by Gasteiger charge is -2.18. The maximum absolute atomic E-state index is 4.65. The van der Waals surface area contributed by atoms with E-state index in [1.54, 1.807) is 0 Å². The second-order valence-electron chi connectivity index (χ2n) is 15.7. The Hall–Kier alpha value is -7.94. The normalized spacial score (nSPS) is 11.7. The van der Waals surface area contributed by atoms with Crippen molar-refractivity contribution in [2.75, 3.05) is 0 Å². The topological polar surface area (TPSA) is 25.8 Å². The number of aromatic nitrogens is 2. The maximum atomic E-state index is 4.65. The Morgan fingerprint density at radius 3 is 0.917 bits per heavy atom. The van der Waals surface area contributed by atoms with Gasteiger partial charge in [-0.25, -0.2) is 0 Å². The summed E-state index contributed by atoms with van der Waals surface area (Å²) in [5.41, 5.74) is 12.0. The van der Waals surface area contributed by atoms with E-state index in [4.69, 9.17) is 0 Å². The lowest BCUT2D eigenvalue weighted by molar-refractivity contribution is 1.37. The zero-order valence-electron chi connectivity index (χ0n) is 32.7. The summed E-state index contributed by atoms with van der Waals surface area (Å²) >= 11 is 0. The van der Waals surface area contributed by atoms with E-state index >= 15 is 0 Å². The highest BCUT2D eigenvalue weighted by Gasteiger charge is 2.19. The largest absolute Gasteiger partial charge is 0.264 e. The Kier molecular flexibility index (Phi) is 7.89. The summed E-state index contributed by atoms with van der Waals surface area (Å²) in [5, 5.41) is 14.6. The highest BCUT2D eigenvalue weighted by Crippen LogP contribution is 2.46. The van der Waals surface area contributed by atoms with Crippen molar-refractivity contribution < 1.29 is 0 Å². The molecule has 12 aromatic rings. The van der Waals surface area contributed by atoms with Crippen LogP contribution >= 0.6 is 0 Å². The number of rotatable bonds is 5. The Morgan fingerprint density at radius 1 is 0.217 bits per heavy atom. The van der Waals surface area contributed by atoms with Crippen LogP contribution in [0.25, 0.3) is 120 Å². The van der Waals surface area contributed by atoms with Gasteiger partial charge in [-0.05, 0) is 134 Å².